The van der Waals surface area contributed by atoms with Crippen molar-refractivity contribution in [2.24, 2.45) is 5.92 Å². The van der Waals surface area contributed by atoms with E-state index in [1.54, 1.807) is 0 Å². The standard InChI is InChI=1S/C10H19NO2/c1-7(4-8-2-3-8)11-9-5-13-6-10(9)12/h7-12H,2-6H2,1H3. The molecular formula is C10H19NO2. The van der Waals surface area contributed by atoms with Crippen molar-refractivity contribution in [3.8, 4) is 0 Å². The van der Waals surface area contributed by atoms with Crippen molar-refractivity contribution in [3.05, 3.63) is 0 Å². The molecule has 1 aliphatic carbocycles. The van der Waals surface area contributed by atoms with Gasteiger partial charge in [-0.1, -0.05) is 12.8 Å². The van der Waals surface area contributed by atoms with Crippen molar-refractivity contribution in [2.45, 2.75) is 44.4 Å². The molecule has 0 aromatic heterocycles. The molecule has 76 valence electrons. The fourth-order valence-electron chi connectivity index (χ4n) is 1.99. The Morgan fingerprint density at radius 1 is 1.46 bits per heavy atom. The fraction of sp³-hybridized carbons (Fsp3) is 1.00. The van der Waals surface area contributed by atoms with Gasteiger partial charge in [0, 0.05) is 6.04 Å². The number of rotatable bonds is 4. The van der Waals surface area contributed by atoms with Crippen LogP contribution in [0, 0.1) is 5.92 Å². The smallest absolute Gasteiger partial charge is 0.0948 e. The van der Waals surface area contributed by atoms with Gasteiger partial charge in [-0.15, -0.1) is 0 Å². The highest BCUT2D eigenvalue weighted by molar-refractivity contribution is 4.85. The van der Waals surface area contributed by atoms with E-state index in [1.807, 2.05) is 0 Å². The van der Waals surface area contributed by atoms with Gasteiger partial charge in [0.15, 0.2) is 0 Å². The van der Waals surface area contributed by atoms with Crippen molar-refractivity contribution in [3.63, 3.8) is 0 Å². The van der Waals surface area contributed by atoms with Gasteiger partial charge < -0.3 is 15.2 Å². The Hall–Kier alpha value is -0.120. The van der Waals surface area contributed by atoms with Gasteiger partial charge in [-0.05, 0) is 19.3 Å². The summed E-state index contributed by atoms with van der Waals surface area (Å²) in [5.74, 6) is 0.946. The predicted molar refractivity (Wildman–Crippen MR) is 50.6 cm³/mol. The fourth-order valence-corrected chi connectivity index (χ4v) is 1.99. The third-order valence-electron chi connectivity index (χ3n) is 2.93. The van der Waals surface area contributed by atoms with Gasteiger partial charge in [-0.3, -0.25) is 0 Å². The van der Waals surface area contributed by atoms with Gasteiger partial charge in [0.25, 0.3) is 0 Å². The van der Waals surface area contributed by atoms with Crippen LogP contribution in [-0.2, 0) is 4.74 Å². The lowest BCUT2D eigenvalue weighted by Crippen LogP contribution is -2.43. The minimum absolute atomic E-state index is 0.161. The van der Waals surface area contributed by atoms with Gasteiger partial charge in [-0.25, -0.2) is 0 Å². The van der Waals surface area contributed by atoms with Gasteiger partial charge in [0.05, 0.1) is 25.4 Å². The molecule has 1 heterocycles. The highest BCUT2D eigenvalue weighted by Gasteiger charge is 2.29. The van der Waals surface area contributed by atoms with Crippen LogP contribution >= 0.6 is 0 Å². The van der Waals surface area contributed by atoms with Gasteiger partial charge in [0.1, 0.15) is 0 Å². The molecule has 1 aliphatic heterocycles. The first-order valence-corrected chi connectivity index (χ1v) is 5.27. The first kappa shape index (κ1) is 9.44. The van der Waals surface area contributed by atoms with Crippen LogP contribution in [-0.4, -0.2) is 36.5 Å². The Balaban J connectivity index is 1.69. The average Bonchev–Trinajstić information content (AvgIpc) is 2.79. The molecule has 0 amide bonds. The van der Waals surface area contributed by atoms with E-state index < -0.39 is 0 Å². The second-order valence-corrected chi connectivity index (χ2v) is 4.46. The molecule has 2 N–H and O–H groups in total. The molecule has 2 fully saturated rings. The third-order valence-corrected chi connectivity index (χ3v) is 2.93. The summed E-state index contributed by atoms with van der Waals surface area (Å²) in [6.45, 7) is 3.35. The van der Waals surface area contributed by atoms with Crippen molar-refractivity contribution >= 4 is 0 Å². The summed E-state index contributed by atoms with van der Waals surface area (Å²) in [7, 11) is 0. The number of aliphatic hydroxyl groups is 1. The Bertz CT molecular complexity index is 170. The van der Waals surface area contributed by atoms with Crippen LogP contribution in [0.1, 0.15) is 26.2 Å². The molecule has 1 saturated carbocycles. The molecule has 2 rings (SSSR count). The molecule has 0 aromatic carbocycles. The summed E-state index contributed by atoms with van der Waals surface area (Å²) >= 11 is 0. The third kappa shape index (κ3) is 2.66. The van der Waals surface area contributed by atoms with Gasteiger partial charge in [-0.2, -0.15) is 0 Å². The van der Waals surface area contributed by atoms with E-state index in [9.17, 15) is 5.11 Å². The minimum atomic E-state index is -0.304. The molecule has 3 heteroatoms. The van der Waals surface area contributed by atoms with E-state index in [1.165, 1.54) is 19.3 Å². The first-order chi connectivity index (χ1) is 6.25. The maximum absolute atomic E-state index is 9.50. The monoisotopic (exact) mass is 185 g/mol. The van der Waals surface area contributed by atoms with Crippen molar-refractivity contribution in [1.29, 1.82) is 0 Å². The lowest BCUT2D eigenvalue weighted by atomic mass is 10.1. The summed E-state index contributed by atoms with van der Waals surface area (Å²) in [6.07, 6.45) is 3.75. The summed E-state index contributed by atoms with van der Waals surface area (Å²) in [6, 6.07) is 0.683. The zero-order chi connectivity index (χ0) is 9.26. The minimum Gasteiger partial charge on any atom is -0.389 e. The van der Waals surface area contributed by atoms with Crippen molar-refractivity contribution in [2.75, 3.05) is 13.2 Å². The second kappa shape index (κ2) is 3.95. The molecule has 3 nitrogen and oxygen atoms in total. The van der Waals surface area contributed by atoms with Crippen LogP contribution in [0.3, 0.4) is 0 Å². The van der Waals surface area contributed by atoms with E-state index >= 15 is 0 Å². The molecular weight excluding hydrogens is 166 g/mol. The molecule has 3 atom stereocenters. The number of hydrogen-bond donors (Lipinski definition) is 2. The topological polar surface area (TPSA) is 41.5 Å². The first-order valence-electron chi connectivity index (χ1n) is 5.27. The quantitative estimate of drug-likeness (QED) is 0.671. The van der Waals surface area contributed by atoms with E-state index in [4.69, 9.17) is 4.74 Å². The average molecular weight is 185 g/mol. The van der Waals surface area contributed by atoms with Crippen LogP contribution in [0.4, 0.5) is 0 Å². The summed E-state index contributed by atoms with van der Waals surface area (Å²) in [4.78, 5) is 0. The number of nitrogens with one attached hydrogen (secondary N) is 1. The SMILES string of the molecule is CC(CC1CC1)NC1COCC1O. The largest absolute Gasteiger partial charge is 0.389 e. The normalized spacial score (nSPS) is 36.5. The van der Waals surface area contributed by atoms with E-state index in [-0.39, 0.29) is 12.1 Å². The molecule has 0 spiro atoms. The van der Waals surface area contributed by atoms with Crippen LogP contribution in [0.5, 0.6) is 0 Å². The molecule has 0 aromatic rings. The Kier molecular flexibility index (Phi) is 2.86. The van der Waals surface area contributed by atoms with E-state index in [2.05, 4.69) is 12.2 Å². The molecule has 1 saturated heterocycles. The zero-order valence-corrected chi connectivity index (χ0v) is 8.20. The number of ether oxygens (including phenoxy) is 1. The second-order valence-electron chi connectivity index (χ2n) is 4.46. The molecule has 0 radical (unpaired) electrons. The molecule has 2 aliphatic rings. The lowest BCUT2D eigenvalue weighted by molar-refractivity contribution is 0.121. The van der Waals surface area contributed by atoms with Crippen LogP contribution in [0.15, 0.2) is 0 Å². The summed E-state index contributed by atoms with van der Waals surface area (Å²) < 4.78 is 5.18. The summed E-state index contributed by atoms with van der Waals surface area (Å²) in [5.41, 5.74) is 0. The van der Waals surface area contributed by atoms with Gasteiger partial charge in [0.2, 0.25) is 0 Å². The molecule has 3 unspecified atom stereocenters. The maximum atomic E-state index is 9.50. The number of aliphatic hydroxyl groups excluding tert-OH is 1. The Morgan fingerprint density at radius 2 is 2.23 bits per heavy atom. The maximum Gasteiger partial charge on any atom is 0.0948 e. The van der Waals surface area contributed by atoms with Gasteiger partial charge >= 0.3 is 0 Å². The highest BCUT2D eigenvalue weighted by atomic mass is 16.5. The molecule has 13 heavy (non-hydrogen) atoms. The highest BCUT2D eigenvalue weighted by Crippen LogP contribution is 2.33. The lowest BCUT2D eigenvalue weighted by Gasteiger charge is -2.20. The van der Waals surface area contributed by atoms with E-state index in [0.717, 1.165) is 5.92 Å². The Morgan fingerprint density at radius 3 is 2.77 bits per heavy atom. The molecule has 0 bridgehead atoms. The predicted octanol–water partition coefficient (Wildman–Crippen LogP) is 0.524. The van der Waals surface area contributed by atoms with Crippen molar-refractivity contribution < 1.29 is 9.84 Å². The van der Waals surface area contributed by atoms with E-state index in [0.29, 0.717) is 19.3 Å². The van der Waals surface area contributed by atoms with Crippen LogP contribution in [0.25, 0.3) is 0 Å². The van der Waals surface area contributed by atoms with Crippen LogP contribution < -0.4 is 5.32 Å². The van der Waals surface area contributed by atoms with Crippen molar-refractivity contribution in [1.82, 2.24) is 5.32 Å². The summed E-state index contributed by atoms with van der Waals surface area (Å²) in [5, 5.41) is 12.9. The van der Waals surface area contributed by atoms with Crippen LogP contribution in [0.2, 0.25) is 0 Å². The number of hydrogen-bond acceptors (Lipinski definition) is 3. The zero-order valence-electron chi connectivity index (χ0n) is 8.20. The Labute approximate surface area is 79.5 Å².